The number of aliphatic hydroxyl groups excluding tert-OH is 1. The molecule has 1 aliphatic heterocycles. The van der Waals surface area contributed by atoms with Crippen LogP contribution in [0.2, 0.25) is 0 Å². The average molecular weight is 625 g/mol. The number of aryl methyl sites for hydroxylation is 2. The van der Waals surface area contributed by atoms with E-state index in [0.717, 1.165) is 29.7 Å². The van der Waals surface area contributed by atoms with Crippen molar-refractivity contribution in [1.29, 1.82) is 0 Å². The molecule has 0 aliphatic carbocycles. The molecule has 1 saturated heterocycles. The largest absolute Gasteiger partial charge is 0.491 e. The molecule has 2 N–H and O–H groups in total. The first-order chi connectivity index (χ1) is 21.3. The zero-order valence-electron chi connectivity index (χ0n) is 27.3. The van der Waals surface area contributed by atoms with Crippen LogP contribution in [0, 0.1) is 20.8 Å². The molecule has 0 unspecified atom stereocenters. The van der Waals surface area contributed by atoms with Crippen LogP contribution in [0.5, 0.6) is 5.75 Å². The summed E-state index contributed by atoms with van der Waals surface area (Å²) in [6, 6.07) is 7.41. The van der Waals surface area contributed by atoms with Gasteiger partial charge in [-0.1, -0.05) is 17.3 Å². The summed E-state index contributed by atoms with van der Waals surface area (Å²) in [4.78, 5) is 37.1. The first kappa shape index (κ1) is 33.5. The molecule has 0 radical (unpaired) electrons. The van der Waals surface area contributed by atoms with E-state index < -0.39 is 17.8 Å². The summed E-state index contributed by atoms with van der Waals surface area (Å²) in [5, 5.41) is 18.3. The van der Waals surface area contributed by atoms with E-state index >= 15 is 0 Å². The minimum atomic E-state index is -0.936. The highest BCUT2D eigenvalue weighted by Crippen LogP contribution is 2.34. The van der Waals surface area contributed by atoms with Crippen molar-refractivity contribution in [2.24, 2.45) is 0 Å². The number of nitrogens with one attached hydrogen (secondary N) is 1. The number of benzene rings is 1. The maximum atomic E-state index is 12.3. The summed E-state index contributed by atoms with van der Waals surface area (Å²) in [5.74, 6) is 2.32. The van der Waals surface area contributed by atoms with Crippen LogP contribution in [-0.2, 0) is 9.47 Å². The lowest BCUT2D eigenvalue weighted by Gasteiger charge is -2.32. The van der Waals surface area contributed by atoms with Crippen molar-refractivity contribution in [3.63, 3.8) is 0 Å². The minimum absolute atomic E-state index is 0.0350. The smallest absolute Gasteiger partial charge is 0.410 e. The SMILES string of the molecule is COC(=O)N1CCC(Nc2nc(-c3cccc(OC[C@@H](O)CN(C)C(=O)OC(C)(C)C)c3)nc(-c3c(C)noc3C)c2C)CC1. The van der Waals surface area contributed by atoms with Gasteiger partial charge >= 0.3 is 12.2 Å². The number of aliphatic hydroxyl groups is 1. The minimum Gasteiger partial charge on any atom is -0.491 e. The Kier molecular flexibility index (Phi) is 10.5. The van der Waals surface area contributed by atoms with Gasteiger partial charge in [-0.15, -0.1) is 0 Å². The van der Waals surface area contributed by atoms with Crippen LogP contribution in [0.15, 0.2) is 28.8 Å². The van der Waals surface area contributed by atoms with Crippen LogP contribution in [0.3, 0.4) is 0 Å². The fourth-order valence-corrected chi connectivity index (χ4v) is 5.08. The third-order valence-corrected chi connectivity index (χ3v) is 7.41. The molecule has 3 heterocycles. The van der Waals surface area contributed by atoms with Crippen molar-refractivity contribution in [1.82, 2.24) is 24.9 Å². The van der Waals surface area contributed by atoms with Gasteiger partial charge < -0.3 is 39.0 Å². The molecular formula is C32H44N6O7. The van der Waals surface area contributed by atoms with E-state index in [1.165, 1.54) is 12.0 Å². The predicted octanol–water partition coefficient (Wildman–Crippen LogP) is 4.97. The van der Waals surface area contributed by atoms with Crippen LogP contribution >= 0.6 is 0 Å². The molecule has 13 heteroatoms. The van der Waals surface area contributed by atoms with Crippen LogP contribution in [0.25, 0.3) is 22.6 Å². The molecule has 13 nitrogen and oxygen atoms in total. The molecule has 2 amide bonds. The lowest BCUT2D eigenvalue weighted by atomic mass is 10.0. The Morgan fingerprint density at radius 3 is 2.51 bits per heavy atom. The summed E-state index contributed by atoms with van der Waals surface area (Å²) >= 11 is 0. The summed E-state index contributed by atoms with van der Waals surface area (Å²) in [6.07, 6.45) is -0.298. The number of anilines is 1. The van der Waals surface area contributed by atoms with Gasteiger partial charge in [-0.3, -0.25) is 0 Å². The molecule has 1 atom stereocenters. The fourth-order valence-electron chi connectivity index (χ4n) is 5.08. The number of nitrogens with zero attached hydrogens (tertiary/aromatic N) is 5. The van der Waals surface area contributed by atoms with Gasteiger partial charge in [0.25, 0.3) is 0 Å². The molecule has 244 valence electrons. The average Bonchev–Trinajstić information content (AvgIpc) is 3.33. The highest BCUT2D eigenvalue weighted by Gasteiger charge is 2.26. The molecule has 2 aromatic heterocycles. The fraction of sp³-hybridized carbons (Fsp3) is 0.531. The maximum Gasteiger partial charge on any atom is 0.410 e. The Labute approximate surface area is 263 Å². The highest BCUT2D eigenvalue weighted by molar-refractivity contribution is 5.75. The summed E-state index contributed by atoms with van der Waals surface area (Å²) < 4.78 is 21.6. The Hall–Kier alpha value is -4.39. The molecule has 1 aromatic carbocycles. The lowest BCUT2D eigenvalue weighted by Crippen LogP contribution is -2.42. The van der Waals surface area contributed by atoms with Crippen molar-refractivity contribution in [2.45, 2.75) is 72.1 Å². The number of methoxy groups -OCH3 is 1. The number of carbonyl (C=O) groups is 2. The van der Waals surface area contributed by atoms with Gasteiger partial charge in [0.05, 0.1) is 30.6 Å². The van der Waals surface area contributed by atoms with Crippen LogP contribution in [-0.4, -0.2) is 100 Å². The van der Waals surface area contributed by atoms with Crippen molar-refractivity contribution in [3.8, 4) is 28.4 Å². The Balaban J connectivity index is 1.55. The molecule has 0 spiro atoms. The number of amides is 2. The predicted molar refractivity (Wildman–Crippen MR) is 168 cm³/mol. The zero-order valence-corrected chi connectivity index (χ0v) is 27.3. The molecule has 4 rings (SSSR count). The van der Waals surface area contributed by atoms with Crippen LogP contribution in [0.4, 0.5) is 15.4 Å². The maximum absolute atomic E-state index is 12.3. The molecular weight excluding hydrogens is 580 g/mol. The number of hydrogen-bond acceptors (Lipinski definition) is 11. The van der Waals surface area contributed by atoms with Crippen molar-refractivity contribution in [3.05, 3.63) is 41.3 Å². The first-order valence-electron chi connectivity index (χ1n) is 15.0. The van der Waals surface area contributed by atoms with E-state index in [1.54, 1.807) is 38.8 Å². The lowest BCUT2D eigenvalue weighted by molar-refractivity contribution is 0.0154. The number of ether oxygens (including phenoxy) is 3. The van der Waals surface area contributed by atoms with E-state index in [0.29, 0.717) is 47.5 Å². The summed E-state index contributed by atoms with van der Waals surface area (Å²) in [6.45, 7) is 12.2. The number of hydrogen-bond donors (Lipinski definition) is 2. The van der Waals surface area contributed by atoms with Gasteiger partial charge in [0.1, 0.15) is 35.6 Å². The number of rotatable bonds is 9. The second kappa shape index (κ2) is 14.1. The third-order valence-electron chi connectivity index (χ3n) is 7.41. The van der Waals surface area contributed by atoms with Crippen LogP contribution < -0.4 is 10.1 Å². The Morgan fingerprint density at radius 1 is 1.18 bits per heavy atom. The second-order valence-corrected chi connectivity index (χ2v) is 12.3. The topological polar surface area (TPSA) is 152 Å². The van der Waals surface area contributed by atoms with Crippen LogP contribution in [0.1, 0.15) is 50.6 Å². The number of likely N-dealkylation sites (tertiary alicyclic amines) is 1. The van der Waals surface area contributed by atoms with E-state index in [-0.39, 0.29) is 25.3 Å². The molecule has 0 saturated carbocycles. The summed E-state index contributed by atoms with van der Waals surface area (Å²) in [7, 11) is 2.96. The quantitative estimate of drug-likeness (QED) is 0.332. The zero-order chi connectivity index (χ0) is 32.9. The van der Waals surface area contributed by atoms with Gasteiger partial charge in [0.15, 0.2) is 5.82 Å². The van der Waals surface area contributed by atoms with Gasteiger partial charge in [0.2, 0.25) is 0 Å². The van der Waals surface area contributed by atoms with Crippen molar-refractivity contribution >= 4 is 18.0 Å². The molecule has 3 aromatic rings. The van der Waals surface area contributed by atoms with Crippen molar-refractivity contribution < 1.29 is 33.4 Å². The van der Waals surface area contributed by atoms with Gasteiger partial charge in [0, 0.05) is 37.3 Å². The molecule has 1 fully saturated rings. The van der Waals surface area contributed by atoms with E-state index in [9.17, 15) is 14.7 Å². The van der Waals surface area contributed by atoms with Gasteiger partial charge in [-0.2, -0.15) is 0 Å². The first-order valence-corrected chi connectivity index (χ1v) is 15.0. The second-order valence-electron chi connectivity index (χ2n) is 12.3. The number of piperidine rings is 1. The van der Waals surface area contributed by atoms with E-state index in [2.05, 4.69) is 10.5 Å². The van der Waals surface area contributed by atoms with Gasteiger partial charge in [-0.25, -0.2) is 19.6 Å². The van der Waals surface area contributed by atoms with E-state index in [4.69, 9.17) is 28.7 Å². The van der Waals surface area contributed by atoms with Gasteiger partial charge in [-0.05, 0) is 66.5 Å². The number of likely N-dealkylation sites (N-methyl/N-ethyl adjacent to an activating group) is 1. The van der Waals surface area contributed by atoms with E-state index in [1.807, 2.05) is 39.0 Å². The molecule has 1 aliphatic rings. The van der Waals surface area contributed by atoms with Crippen molar-refractivity contribution in [2.75, 3.05) is 45.7 Å². The number of carbonyl (C=O) groups excluding carboxylic acids is 2. The third kappa shape index (κ3) is 8.62. The normalized spacial score (nSPS) is 14.6. The monoisotopic (exact) mass is 624 g/mol. The Bertz CT molecular complexity index is 1470. The highest BCUT2D eigenvalue weighted by atomic mass is 16.6. The Morgan fingerprint density at radius 2 is 1.89 bits per heavy atom. The molecule has 45 heavy (non-hydrogen) atoms. The summed E-state index contributed by atoms with van der Waals surface area (Å²) in [5.41, 5.74) is 3.17. The standard InChI is InChI=1S/C32H44N6O7/c1-19-27(26-20(2)36-45-21(26)3)34-29(35-28(19)33-23-12-14-38(15-13-23)31(41)42-8)22-10-9-11-25(16-22)43-18-24(39)17-37(7)30(40)44-32(4,5)6/h9-11,16,23-24,39H,12-15,17-18H2,1-8H3,(H,33,34,35)/t24-/m0/s1. The molecule has 0 bridgehead atoms. The number of aromatic nitrogens is 3.